The minimum Gasteiger partial charge on any atom is -0.480 e. The van der Waals surface area contributed by atoms with Crippen LogP contribution in [-0.2, 0) is 16.0 Å². The lowest BCUT2D eigenvalue weighted by Gasteiger charge is -2.25. The molecule has 1 atom stereocenters. The number of carbonyl (C=O) groups excluding carboxylic acids is 1. The van der Waals surface area contributed by atoms with Crippen molar-refractivity contribution in [3.63, 3.8) is 0 Å². The highest BCUT2D eigenvalue weighted by molar-refractivity contribution is 5.93. The number of nitrogens with zero attached hydrogens (tertiary/aromatic N) is 1. The van der Waals surface area contributed by atoms with Crippen molar-refractivity contribution < 1.29 is 14.7 Å². The van der Waals surface area contributed by atoms with Crippen molar-refractivity contribution in [2.24, 2.45) is 0 Å². The lowest BCUT2D eigenvalue weighted by Crippen LogP contribution is -2.40. The Kier molecular flexibility index (Phi) is 6.66. The molecule has 0 radical (unpaired) electrons. The number of carbonyl (C=O) groups is 2. The van der Waals surface area contributed by atoms with Crippen molar-refractivity contribution in [2.75, 3.05) is 6.54 Å². The van der Waals surface area contributed by atoms with Crippen LogP contribution in [0.2, 0.25) is 0 Å². The molecule has 0 aliphatic heterocycles. The number of rotatable bonds is 7. The number of benzene rings is 1. The van der Waals surface area contributed by atoms with E-state index in [1.54, 1.807) is 6.08 Å². The van der Waals surface area contributed by atoms with Gasteiger partial charge in [-0.1, -0.05) is 38.1 Å². The number of hydrogen-bond donors (Lipinski definition) is 1. The second-order valence-electron chi connectivity index (χ2n) is 5.05. The van der Waals surface area contributed by atoms with Gasteiger partial charge in [-0.25, -0.2) is 0 Å². The summed E-state index contributed by atoms with van der Waals surface area (Å²) in [5, 5.41) is 8.90. The maximum atomic E-state index is 12.2. The molecule has 1 N–H and O–H groups in total. The number of carboxylic acid groups (broad SMARTS) is 1. The Labute approximate surface area is 126 Å². The van der Waals surface area contributed by atoms with E-state index in [1.165, 1.54) is 16.5 Å². The van der Waals surface area contributed by atoms with Gasteiger partial charge in [-0.05, 0) is 37.0 Å². The minimum atomic E-state index is -0.996. The predicted molar refractivity (Wildman–Crippen MR) is 84.0 cm³/mol. The maximum Gasteiger partial charge on any atom is 0.323 e. The topological polar surface area (TPSA) is 57.6 Å². The van der Waals surface area contributed by atoms with E-state index in [2.05, 4.69) is 6.92 Å². The largest absolute Gasteiger partial charge is 0.480 e. The van der Waals surface area contributed by atoms with Crippen molar-refractivity contribution in [1.82, 2.24) is 4.90 Å². The first-order chi connectivity index (χ1) is 9.97. The standard InChI is InChI=1S/C17H23NO3/c1-4-13(3)18(12-17(20)21)16(19)11-10-15-8-6-14(5-2)7-9-15/h6-11,13H,4-5,12H2,1-3H3,(H,20,21)/b11-10+. The van der Waals surface area contributed by atoms with Crippen LogP contribution in [0.15, 0.2) is 30.3 Å². The summed E-state index contributed by atoms with van der Waals surface area (Å²) in [5.74, 6) is -1.27. The van der Waals surface area contributed by atoms with E-state index < -0.39 is 5.97 Å². The summed E-state index contributed by atoms with van der Waals surface area (Å²) >= 11 is 0. The Balaban J connectivity index is 2.79. The molecule has 0 aliphatic carbocycles. The van der Waals surface area contributed by atoms with Gasteiger partial charge in [0.15, 0.2) is 0 Å². The van der Waals surface area contributed by atoms with Gasteiger partial charge in [0.1, 0.15) is 6.54 Å². The summed E-state index contributed by atoms with van der Waals surface area (Å²) < 4.78 is 0. The summed E-state index contributed by atoms with van der Waals surface area (Å²) in [6.07, 6.45) is 4.86. The van der Waals surface area contributed by atoms with Gasteiger partial charge in [0.2, 0.25) is 5.91 Å². The molecule has 4 heteroatoms. The summed E-state index contributed by atoms with van der Waals surface area (Å²) in [6, 6.07) is 7.85. The third-order valence-corrected chi connectivity index (χ3v) is 3.52. The van der Waals surface area contributed by atoms with Crippen LogP contribution in [-0.4, -0.2) is 34.5 Å². The van der Waals surface area contributed by atoms with Gasteiger partial charge in [0, 0.05) is 12.1 Å². The zero-order valence-electron chi connectivity index (χ0n) is 12.9. The Bertz CT molecular complexity index is 505. The summed E-state index contributed by atoms with van der Waals surface area (Å²) in [7, 11) is 0. The number of amides is 1. The van der Waals surface area contributed by atoms with E-state index >= 15 is 0 Å². The van der Waals surface area contributed by atoms with E-state index in [9.17, 15) is 9.59 Å². The molecule has 4 nitrogen and oxygen atoms in total. The van der Waals surface area contributed by atoms with Crippen molar-refractivity contribution in [1.29, 1.82) is 0 Å². The van der Waals surface area contributed by atoms with Crippen molar-refractivity contribution in [3.05, 3.63) is 41.5 Å². The minimum absolute atomic E-state index is 0.0966. The number of aliphatic carboxylic acids is 1. The molecule has 0 fully saturated rings. The quantitative estimate of drug-likeness (QED) is 0.785. The Morgan fingerprint density at radius 3 is 2.33 bits per heavy atom. The first kappa shape index (κ1) is 17.0. The van der Waals surface area contributed by atoms with Crippen molar-refractivity contribution >= 4 is 18.0 Å². The third kappa shape index (κ3) is 5.42. The first-order valence-electron chi connectivity index (χ1n) is 7.27. The Hall–Kier alpha value is -2.10. The van der Waals surface area contributed by atoms with Gasteiger partial charge in [-0.3, -0.25) is 9.59 Å². The molecule has 1 amide bonds. The smallest absolute Gasteiger partial charge is 0.323 e. The molecule has 1 aromatic carbocycles. The molecular weight excluding hydrogens is 266 g/mol. The van der Waals surface area contributed by atoms with E-state index in [-0.39, 0.29) is 18.5 Å². The van der Waals surface area contributed by atoms with Gasteiger partial charge in [0.05, 0.1) is 0 Å². The van der Waals surface area contributed by atoms with Crippen LogP contribution < -0.4 is 0 Å². The van der Waals surface area contributed by atoms with E-state index in [1.807, 2.05) is 38.1 Å². The molecule has 1 unspecified atom stereocenters. The average molecular weight is 289 g/mol. The van der Waals surface area contributed by atoms with Crippen LogP contribution >= 0.6 is 0 Å². The van der Waals surface area contributed by atoms with Gasteiger partial charge in [-0.2, -0.15) is 0 Å². The van der Waals surface area contributed by atoms with Gasteiger partial charge in [-0.15, -0.1) is 0 Å². The van der Waals surface area contributed by atoms with Crippen LogP contribution in [0.5, 0.6) is 0 Å². The van der Waals surface area contributed by atoms with Crippen LogP contribution in [0.25, 0.3) is 6.08 Å². The van der Waals surface area contributed by atoms with Crippen LogP contribution in [0.3, 0.4) is 0 Å². The molecule has 0 bridgehead atoms. The lowest BCUT2D eigenvalue weighted by atomic mass is 10.1. The molecule has 0 saturated carbocycles. The zero-order chi connectivity index (χ0) is 15.8. The monoisotopic (exact) mass is 289 g/mol. The fourth-order valence-corrected chi connectivity index (χ4v) is 1.94. The van der Waals surface area contributed by atoms with Gasteiger partial charge >= 0.3 is 5.97 Å². The number of aryl methyl sites for hydroxylation is 1. The molecule has 21 heavy (non-hydrogen) atoms. The molecule has 0 saturated heterocycles. The highest BCUT2D eigenvalue weighted by Crippen LogP contribution is 2.09. The fourth-order valence-electron chi connectivity index (χ4n) is 1.94. The van der Waals surface area contributed by atoms with Crippen LogP contribution in [0, 0.1) is 0 Å². The first-order valence-corrected chi connectivity index (χ1v) is 7.27. The Morgan fingerprint density at radius 2 is 1.86 bits per heavy atom. The second-order valence-corrected chi connectivity index (χ2v) is 5.05. The second kappa shape index (κ2) is 8.25. The van der Waals surface area contributed by atoms with E-state index in [4.69, 9.17) is 5.11 Å². The third-order valence-electron chi connectivity index (χ3n) is 3.52. The SMILES string of the molecule is CCc1ccc(/C=C/C(=O)N(CC(=O)O)C(C)CC)cc1. The molecule has 114 valence electrons. The van der Waals surface area contributed by atoms with Crippen molar-refractivity contribution in [2.45, 2.75) is 39.7 Å². The Morgan fingerprint density at radius 1 is 1.24 bits per heavy atom. The molecule has 0 spiro atoms. The summed E-state index contributed by atoms with van der Waals surface area (Å²) in [4.78, 5) is 24.4. The maximum absolute atomic E-state index is 12.2. The van der Waals surface area contributed by atoms with Crippen LogP contribution in [0.4, 0.5) is 0 Å². The highest BCUT2D eigenvalue weighted by Gasteiger charge is 2.19. The lowest BCUT2D eigenvalue weighted by molar-refractivity contribution is -0.144. The summed E-state index contributed by atoms with van der Waals surface area (Å²) in [5.41, 5.74) is 2.17. The highest BCUT2D eigenvalue weighted by atomic mass is 16.4. The molecule has 1 rings (SSSR count). The molecule has 0 aliphatic rings. The van der Waals surface area contributed by atoms with E-state index in [0.717, 1.165) is 18.4 Å². The molecular formula is C17H23NO3. The number of hydrogen-bond acceptors (Lipinski definition) is 2. The zero-order valence-corrected chi connectivity index (χ0v) is 12.9. The predicted octanol–water partition coefficient (Wildman–Crippen LogP) is 2.97. The van der Waals surface area contributed by atoms with Crippen LogP contribution in [0.1, 0.15) is 38.3 Å². The van der Waals surface area contributed by atoms with E-state index in [0.29, 0.717) is 0 Å². The molecule has 0 heterocycles. The normalized spacial score (nSPS) is 12.3. The van der Waals surface area contributed by atoms with Crippen molar-refractivity contribution in [3.8, 4) is 0 Å². The van der Waals surface area contributed by atoms with Gasteiger partial charge < -0.3 is 10.0 Å². The summed E-state index contributed by atoms with van der Waals surface area (Å²) in [6.45, 7) is 5.60. The average Bonchev–Trinajstić information content (AvgIpc) is 2.49. The fraction of sp³-hybridized carbons (Fsp3) is 0.412. The van der Waals surface area contributed by atoms with Gasteiger partial charge in [0.25, 0.3) is 0 Å². The molecule has 1 aromatic rings. The molecule has 0 aromatic heterocycles. The number of carboxylic acids is 1.